The normalized spacial score (nSPS) is 16.1. The molecule has 2 aromatic heterocycles. The third-order valence-electron chi connectivity index (χ3n) is 4.79. The SMILES string of the molecule is Cc1ccc(C2Cn3nnc(-c4noc(-c5ccccc5F)n4)c3CO2)cc1. The van der Waals surface area contributed by atoms with Crippen molar-refractivity contribution in [1.82, 2.24) is 25.1 Å². The molecule has 1 unspecified atom stereocenters. The Balaban J connectivity index is 1.43. The Hall–Kier alpha value is -3.39. The van der Waals surface area contributed by atoms with Gasteiger partial charge in [-0.1, -0.05) is 52.3 Å². The van der Waals surface area contributed by atoms with E-state index in [0.717, 1.165) is 11.3 Å². The van der Waals surface area contributed by atoms with E-state index in [9.17, 15) is 4.39 Å². The molecule has 0 saturated heterocycles. The molecule has 0 bridgehead atoms. The first-order valence-electron chi connectivity index (χ1n) is 8.88. The molecule has 0 aliphatic carbocycles. The number of aromatic nitrogens is 5. The van der Waals surface area contributed by atoms with Gasteiger partial charge in [-0.2, -0.15) is 4.98 Å². The maximum absolute atomic E-state index is 13.9. The van der Waals surface area contributed by atoms with Gasteiger partial charge < -0.3 is 9.26 Å². The van der Waals surface area contributed by atoms with Gasteiger partial charge >= 0.3 is 0 Å². The molecule has 0 radical (unpaired) electrons. The third-order valence-corrected chi connectivity index (χ3v) is 4.79. The van der Waals surface area contributed by atoms with Gasteiger partial charge in [0.2, 0.25) is 5.82 Å². The maximum Gasteiger partial charge on any atom is 0.261 e. The molecule has 8 heteroatoms. The summed E-state index contributed by atoms with van der Waals surface area (Å²) < 4.78 is 27.0. The summed E-state index contributed by atoms with van der Waals surface area (Å²) in [6.45, 7) is 2.92. The number of benzene rings is 2. The van der Waals surface area contributed by atoms with Crippen molar-refractivity contribution in [2.75, 3.05) is 0 Å². The Kier molecular flexibility index (Phi) is 3.98. The number of hydrogen-bond acceptors (Lipinski definition) is 6. The lowest BCUT2D eigenvalue weighted by atomic mass is 10.1. The zero-order chi connectivity index (χ0) is 19.1. The van der Waals surface area contributed by atoms with Crippen molar-refractivity contribution in [3.63, 3.8) is 0 Å². The molecule has 1 atom stereocenters. The number of nitrogens with zero attached hydrogens (tertiary/aromatic N) is 5. The fourth-order valence-corrected chi connectivity index (χ4v) is 3.23. The zero-order valence-electron chi connectivity index (χ0n) is 15.0. The highest BCUT2D eigenvalue weighted by atomic mass is 19.1. The van der Waals surface area contributed by atoms with Crippen LogP contribution in [0.25, 0.3) is 23.0 Å². The van der Waals surface area contributed by atoms with Gasteiger partial charge in [-0.25, -0.2) is 9.07 Å². The molecule has 1 aliphatic heterocycles. The second-order valence-corrected chi connectivity index (χ2v) is 6.68. The van der Waals surface area contributed by atoms with Crippen LogP contribution in [-0.2, 0) is 17.9 Å². The summed E-state index contributed by atoms with van der Waals surface area (Å²) in [4.78, 5) is 4.29. The number of fused-ring (bicyclic) bond motifs is 1. The van der Waals surface area contributed by atoms with Crippen LogP contribution in [0.5, 0.6) is 0 Å². The van der Waals surface area contributed by atoms with E-state index in [1.807, 2.05) is 6.92 Å². The smallest absolute Gasteiger partial charge is 0.261 e. The first kappa shape index (κ1) is 16.8. The Morgan fingerprint density at radius 1 is 1.11 bits per heavy atom. The lowest BCUT2D eigenvalue weighted by Gasteiger charge is -2.24. The van der Waals surface area contributed by atoms with E-state index in [4.69, 9.17) is 9.26 Å². The van der Waals surface area contributed by atoms with Crippen molar-refractivity contribution in [2.24, 2.45) is 0 Å². The van der Waals surface area contributed by atoms with E-state index in [0.29, 0.717) is 18.8 Å². The minimum atomic E-state index is -0.424. The van der Waals surface area contributed by atoms with Crippen LogP contribution >= 0.6 is 0 Å². The van der Waals surface area contributed by atoms with Gasteiger partial charge in [0.1, 0.15) is 11.9 Å². The van der Waals surface area contributed by atoms with Crippen molar-refractivity contribution in [3.05, 3.63) is 71.2 Å². The lowest BCUT2D eigenvalue weighted by Crippen LogP contribution is -2.22. The second kappa shape index (κ2) is 6.65. The van der Waals surface area contributed by atoms with Crippen molar-refractivity contribution in [3.8, 4) is 23.0 Å². The fourth-order valence-electron chi connectivity index (χ4n) is 3.23. The van der Waals surface area contributed by atoms with Gasteiger partial charge in [-0.15, -0.1) is 5.10 Å². The first-order valence-corrected chi connectivity index (χ1v) is 8.88. The molecule has 28 heavy (non-hydrogen) atoms. The minimum absolute atomic E-state index is 0.0955. The summed E-state index contributed by atoms with van der Waals surface area (Å²) in [6.07, 6.45) is -0.0955. The predicted molar refractivity (Wildman–Crippen MR) is 97.4 cm³/mol. The average Bonchev–Trinajstić information content (AvgIpc) is 3.35. The van der Waals surface area contributed by atoms with Gasteiger partial charge in [0.05, 0.1) is 24.4 Å². The third kappa shape index (κ3) is 2.87. The molecule has 4 aromatic rings. The summed E-state index contributed by atoms with van der Waals surface area (Å²) in [5.41, 5.74) is 3.79. The Labute approximate surface area is 159 Å². The largest absolute Gasteiger partial charge is 0.365 e. The minimum Gasteiger partial charge on any atom is -0.365 e. The molecule has 1 aliphatic rings. The van der Waals surface area contributed by atoms with E-state index in [1.165, 1.54) is 11.6 Å². The van der Waals surface area contributed by atoms with E-state index in [2.05, 4.69) is 44.7 Å². The monoisotopic (exact) mass is 377 g/mol. The molecule has 2 aromatic carbocycles. The van der Waals surface area contributed by atoms with Gasteiger partial charge in [0.25, 0.3) is 5.89 Å². The molecular weight excluding hydrogens is 361 g/mol. The number of rotatable bonds is 3. The summed E-state index contributed by atoms with van der Waals surface area (Å²) in [5, 5.41) is 12.4. The summed E-state index contributed by atoms with van der Waals surface area (Å²) in [6, 6.07) is 14.5. The van der Waals surface area contributed by atoms with E-state index >= 15 is 0 Å². The molecule has 0 saturated carbocycles. The van der Waals surface area contributed by atoms with Gasteiger partial charge in [-0.05, 0) is 24.6 Å². The highest BCUT2D eigenvalue weighted by Crippen LogP contribution is 2.31. The number of aryl methyl sites for hydroxylation is 1. The van der Waals surface area contributed by atoms with Gasteiger partial charge in [0.15, 0.2) is 5.69 Å². The van der Waals surface area contributed by atoms with Crippen LogP contribution in [0.15, 0.2) is 53.1 Å². The van der Waals surface area contributed by atoms with Crippen LogP contribution in [0, 0.1) is 12.7 Å². The topological polar surface area (TPSA) is 78.9 Å². The van der Waals surface area contributed by atoms with Gasteiger partial charge in [0, 0.05) is 0 Å². The van der Waals surface area contributed by atoms with Crippen molar-refractivity contribution in [1.29, 1.82) is 0 Å². The molecular formula is C20H16FN5O2. The summed E-state index contributed by atoms with van der Waals surface area (Å²) >= 11 is 0. The van der Waals surface area contributed by atoms with Crippen LogP contribution in [0.1, 0.15) is 22.9 Å². The average molecular weight is 377 g/mol. The maximum atomic E-state index is 13.9. The summed E-state index contributed by atoms with van der Waals surface area (Å²) in [7, 11) is 0. The Morgan fingerprint density at radius 3 is 2.75 bits per heavy atom. The van der Waals surface area contributed by atoms with Crippen molar-refractivity contribution < 1.29 is 13.7 Å². The molecule has 7 nitrogen and oxygen atoms in total. The zero-order valence-corrected chi connectivity index (χ0v) is 15.0. The standard InChI is InChI=1S/C20H16FN5O2/c1-12-6-8-13(9-7-12)17-10-26-16(11-27-17)18(23-25-26)19-22-20(28-24-19)14-4-2-3-5-15(14)21/h2-9,17H,10-11H2,1H3. The van der Waals surface area contributed by atoms with E-state index < -0.39 is 5.82 Å². The van der Waals surface area contributed by atoms with Crippen LogP contribution in [0.3, 0.4) is 0 Å². The first-order chi connectivity index (χ1) is 13.7. The lowest BCUT2D eigenvalue weighted by molar-refractivity contribution is -0.00112. The van der Waals surface area contributed by atoms with Crippen LogP contribution < -0.4 is 0 Å². The van der Waals surface area contributed by atoms with Crippen LogP contribution in [0.4, 0.5) is 4.39 Å². The summed E-state index contributed by atoms with van der Waals surface area (Å²) in [5.74, 6) is -0.0621. The Morgan fingerprint density at radius 2 is 1.93 bits per heavy atom. The van der Waals surface area contributed by atoms with Crippen molar-refractivity contribution >= 4 is 0 Å². The highest BCUT2D eigenvalue weighted by molar-refractivity contribution is 5.59. The molecule has 0 amide bonds. The van der Waals surface area contributed by atoms with Crippen LogP contribution in [0.2, 0.25) is 0 Å². The van der Waals surface area contributed by atoms with Gasteiger partial charge in [-0.3, -0.25) is 0 Å². The molecule has 0 fully saturated rings. The number of hydrogen-bond donors (Lipinski definition) is 0. The number of halogens is 1. The molecule has 140 valence electrons. The predicted octanol–water partition coefficient (Wildman–Crippen LogP) is 3.71. The van der Waals surface area contributed by atoms with Crippen molar-refractivity contribution in [2.45, 2.75) is 26.2 Å². The number of ether oxygens (including phenoxy) is 1. The highest BCUT2D eigenvalue weighted by Gasteiger charge is 2.27. The fraction of sp³-hybridized carbons (Fsp3) is 0.200. The molecule has 3 heterocycles. The Bertz CT molecular complexity index is 1140. The van der Waals surface area contributed by atoms with Crippen LogP contribution in [-0.4, -0.2) is 25.1 Å². The van der Waals surface area contributed by atoms with E-state index in [-0.39, 0.29) is 23.4 Å². The van der Waals surface area contributed by atoms with E-state index in [1.54, 1.807) is 22.9 Å². The second-order valence-electron chi connectivity index (χ2n) is 6.68. The molecule has 0 N–H and O–H groups in total. The molecule has 5 rings (SSSR count). The quantitative estimate of drug-likeness (QED) is 0.541. The molecule has 0 spiro atoms.